The first-order valence-corrected chi connectivity index (χ1v) is 7.66. The normalized spacial score (nSPS) is 19.9. The molecule has 0 bridgehead atoms. The van der Waals surface area contributed by atoms with Crippen molar-refractivity contribution in [3.8, 4) is 0 Å². The Morgan fingerprint density at radius 1 is 1.04 bits per heavy atom. The van der Waals surface area contributed by atoms with Crippen LogP contribution in [0.15, 0.2) is 65.9 Å². The fraction of sp³-hybridized carbons (Fsp3) is 0.211. The molecule has 0 N–H and O–H groups in total. The monoisotopic (exact) mass is 323 g/mol. The Morgan fingerprint density at radius 2 is 1.67 bits per heavy atom. The molecule has 2 aromatic carbocycles. The van der Waals surface area contributed by atoms with Crippen molar-refractivity contribution in [3.63, 3.8) is 0 Å². The molecule has 2 atom stereocenters. The number of carbonyl (C=O) groups is 1. The molecule has 1 heterocycles. The maximum Gasteiger partial charge on any atom is 0.269 e. The van der Waals surface area contributed by atoms with Crippen molar-refractivity contribution in [2.24, 2.45) is 0 Å². The molecule has 0 saturated heterocycles. The number of rotatable bonds is 4. The highest BCUT2D eigenvalue weighted by Crippen LogP contribution is 2.47. The molecule has 3 rings (SSSR count). The molecule has 0 aliphatic carbocycles. The number of allylic oxidation sites excluding steroid dienone is 1. The number of Topliss-reactive ketones (excluding diaryl/α,β-unsaturated/α-hetero) is 1. The molecule has 0 radical (unpaired) electrons. The molecular weight excluding hydrogens is 306 g/mol. The van der Waals surface area contributed by atoms with Gasteiger partial charge in [0.1, 0.15) is 11.9 Å². The number of ether oxygens (including phenoxy) is 1. The smallest absolute Gasteiger partial charge is 0.269 e. The Bertz CT molecular complexity index is 809. The van der Waals surface area contributed by atoms with Gasteiger partial charge in [-0.2, -0.15) is 0 Å². The summed E-state index contributed by atoms with van der Waals surface area (Å²) in [7, 11) is 0. The van der Waals surface area contributed by atoms with Gasteiger partial charge in [0, 0.05) is 17.7 Å². The SMILES string of the molecule is CC(=O)C1=C(C)O[C@@H](c2ccccc2)[C@H]1c1ccc([N+](=O)[O-])cc1. The fourth-order valence-electron chi connectivity index (χ4n) is 3.21. The predicted octanol–water partition coefficient (Wildman–Crippen LogP) is 4.31. The Hall–Kier alpha value is -2.95. The van der Waals surface area contributed by atoms with E-state index in [0.717, 1.165) is 11.1 Å². The quantitative estimate of drug-likeness (QED) is 0.621. The van der Waals surface area contributed by atoms with E-state index in [1.165, 1.54) is 19.1 Å². The van der Waals surface area contributed by atoms with Gasteiger partial charge in [-0.15, -0.1) is 0 Å². The third-order valence-corrected chi connectivity index (χ3v) is 4.27. The van der Waals surface area contributed by atoms with Gasteiger partial charge in [0.2, 0.25) is 0 Å². The average molecular weight is 323 g/mol. The van der Waals surface area contributed by atoms with Crippen LogP contribution in [-0.4, -0.2) is 10.7 Å². The first kappa shape index (κ1) is 15.9. The number of hydrogen-bond donors (Lipinski definition) is 0. The number of benzene rings is 2. The van der Waals surface area contributed by atoms with Crippen LogP contribution in [0.3, 0.4) is 0 Å². The van der Waals surface area contributed by atoms with E-state index in [0.29, 0.717) is 11.3 Å². The Morgan fingerprint density at radius 3 is 2.21 bits per heavy atom. The second-order valence-electron chi connectivity index (χ2n) is 5.80. The summed E-state index contributed by atoms with van der Waals surface area (Å²) in [6, 6.07) is 16.0. The Balaban J connectivity index is 2.06. The molecule has 122 valence electrons. The minimum Gasteiger partial charge on any atom is -0.489 e. The standard InChI is InChI=1S/C19H17NO4/c1-12(21)17-13(2)24-19(15-6-4-3-5-7-15)18(17)14-8-10-16(11-9-14)20(22)23/h3-11,18-19H,1-2H3/t18-,19-/m0/s1. The van der Waals surface area contributed by atoms with Crippen LogP contribution >= 0.6 is 0 Å². The lowest BCUT2D eigenvalue weighted by atomic mass is 9.83. The van der Waals surface area contributed by atoms with Gasteiger partial charge in [-0.3, -0.25) is 14.9 Å². The predicted molar refractivity (Wildman–Crippen MR) is 89.5 cm³/mol. The Kier molecular flexibility index (Phi) is 4.16. The summed E-state index contributed by atoms with van der Waals surface area (Å²) in [6.45, 7) is 3.31. The van der Waals surface area contributed by atoms with Crippen molar-refractivity contribution in [1.29, 1.82) is 0 Å². The highest BCUT2D eigenvalue weighted by Gasteiger charge is 2.39. The first-order valence-electron chi connectivity index (χ1n) is 7.66. The minimum atomic E-state index is -0.434. The van der Waals surface area contributed by atoms with Crippen LogP contribution in [0.25, 0.3) is 0 Å². The van der Waals surface area contributed by atoms with Gasteiger partial charge in [-0.05, 0) is 25.0 Å². The Labute approximate surface area is 139 Å². The average Bonchev–Trinajstić information content (AvgIpc) is 2.93. The maximum absolute atomic E-state index is 12.1. The van der Waals surface area contributed by atoms with E-state index in [9.17, 15) is 14.9 Å². The largest absolute Gasteiger partial charge is 0.489 e. The lowest BCUT2D eigenvalue weighted by Crippen LogP contribution is -2.13. The van der Waals surface area contributed by atoms with Crippen LogP contribution in [0, 0.1) is 10.1 Å². The summed E-state index contributed by atoms with van der Waals surface area (Å²) in [5.41, 5.74) is 2.45. The van der Waals surface area contributed by atoms with Crippen molar-refractivity contribution >= 4 is 11.5 Å². The van der Waals surface area contributed by atoms with Crippen LogP contribution < -0.4 is 0 Å². The zero-order valence-electron chi connectivity index (χ0n) is 13.4. The number of non-ortho nitro benzene ring substituents is 1. The highest BCUT2D eigenvalue weighted by atomic mass is 16.6. The number of nitro benzene ring substituents is 1. The van der Waals surface area contributed by atoms with Gasteiger partial charge in [-0.1, -0.05) is 42.5 Å². The molecule has 0 saturated carbocycles. The molecule has 5 nitrogen and oxygen atoms in total. The van der Waals surface area contributed by atoms with E-state index >= 15 is 0 Å². The summed E-state index contributed by atoms with van der Waals surface area (Å²) in [5.74, 6) is 0.291. The molecule has 0 fully saturated rings. The fourth-order valence-corrected chi connectivity index (χ4v) is 3.21. The van der Waals surface area contributed by atoms with Crippen molar-refractivity contribution in [1.82, 2.24) is 0 Å². The topological polar surface area (TPSA) is 69.4 Å². The second-order valence-corrected chi connectivity index (χ2v) is 5.80. The molecule has 0 unspecified atom stereocenters. The van der Waals surface area contributed by atoms with Gasteiger partial charge in [0.05, 0.1) is 10.8 Å². The van der Waals surface area contributed by atoms with E-state index < -0.39 is 4.92 Å². The number of hydrogen-bond acceptors (Lipinski definition) is 4. The number of carbonyl (C=O) groups excluding carboxylic acids is 1. The van der Waals surface area contributed by atoms with Crippen LogP contribution in [0.1, 0.15) is 37.0 Å². The number of ketones is 1. The van der Waals surface area contributed by atoms with E-state index in [2.05, 4.69) is 0 Å². The molecule has 0 spiro atoms. The van der Waals surface area contributed by atoms with Crippen molar-refractivity contribution < 1.29 is 14.5 Å². The molecule has 0 amide bonds. The zero-order chi connectivity index (χ0) is 17.3. The van der Waals surface area contributed by atoms with E-state index in [1.807, 2.05) is 30.3 Å². The summed E-state index contributed by atoms with van der Waals surface area (Å²) in [4.78, 5) is 22.6. The van der Waals surface area contributed by atoms with E-state index in [1.54, 1.807) is 19.1 Å². The molecule has 2 aromatic rings. The van der Waals surface area contributed by atoms with Gasteiger partial charge in [0.15, 0.2) is 5.78 Å². The lowest BCUT2D eigenvalue weighted by molar-refractivity contribution is -0.384. The third kappa shape index (κ3) is 2.80. The number of nitrogens with zero attached hydrogens (tertiary/aromatic N) is 1. The summed E-state index contributed by atoms with van der Waals surface area (Å²) in [5, 5.41) is 10.9. The molecule has 5 heteroatoms. The first-order chi connectivity index (χ1) is 11.5. The molecular formula is C19H17NO4. The van der Waals surface area contributed by atoms with E-state index in [4.69, 9.17) is 4.74 Å². The minimum absolute atomic E-state index is 0.0269. The van der Waals surface area contributed by atoms with Gasteiger partial charge >= 0.3 is 0 Å². The van der Waals surface area contributed by atoms with Gasteiger partial charge < -0.3 is 4.74 Å². The third-order valence-electron chi connectivity index (χ3n) is 4.27. The van der Waals surface area contributed by atoms with Crippen LogP contribution in [0.2, 0.25) is 0 Å². The van der Waals surface area contributed by atoms with Crippen LogP contribution in [0.4, 0.5) is 5.69 Å². The molecule has 24 heavy (non-hydrogen) atoms. The highest BCUT2D eigenvalue weighted by molar-refractivity contribution is 5.96. The summed E-state index contributed by atoms with van der Waals surface area (Å²) >= 11 is 0. The van der Waals surface area contributed by atoms with Crippen molar-refractivity contribution in [2.75, 3.05) is 0 Å². The zero-order valence-corrected chi connectivity index (χ0v) is 13.4. The number of nitro groups is 1. The van der Waals surface area contributed by atoms with Crippen LogP contribution in [-0.2, 0) is 9.53 Å². The van der Waals surface area contributed by atoms with Gasteiger partial charge in [-0.25, -0.2) is 0 Å². The maximum atomic E-state index is 12.1. The molecule has 1 aliphatic heterocycles. The summed E-state index contributed by atoms with van der Waals surface area (Å²) < 4.78 is 5.99. The lowest BCUT2D eigenvalue weighted by Gasteiger charge is -2.21. The summed E-state index contributed by atoms with van der Waals surface area (Å²) in [6.07, 6.45) is -0.313. The van der Waals surface area contributed by atoms with Crippen molar-refractivity contribution in [3.05, 3.63) is 87.2 Å². The molecule has 1 aliphatic rings. The molecule has 0 aromatic heterocycles. The van der Waals surface area contributed by atoms with Crippen molar-refractivity contribution in [2.45, 2.75) is 25.9 Å². The van der Waals surface area contributed by atoms with Gasteiger partial charge in [0.25, 0.3) is 5.69 Å². The second kappa shape index (κ2) is 6.28. The van der Waals surface area contributed by atoms with Crippen LogP contribution in [0.5, 0.6) is 0 Å². The van der Waals surface area contributed by atoms with E-state index in [-0.39, 0.29) is 23.5 Å².